The van der Waals surface area contributed by atoms with E-state index >= 15 is 0 Å². The van der Waals surface area contributed by atoms with Crippen LogP contribution in [0.5, 0.6) is 0 Å². The molecule has 0 saturated carbocycles. The van der Waals surface area contributed by atoms with Crippen LogP contribution >= 0.6 is 15.9 Å². The number of carbonyl (C=O) groups is 1. The molecule has 2 N–H and O–H groups in total. The second-order valence-corrected chi connectivity index (χ2v) is 4.64. The van der Waals surface area contributed by atoms with E-state index in [-0.39, 0.29) is 5.69 Å². The standard InChI is InChI=1S/C11H8BrN3O2/c1-5-9(10(16)17)15-7-4-2-3-6(12)8(7)14-11(15)13-5/h2-4H,1H3,(H,13,14)(H,16,17). The van der Waals surface area contributed by atoms with Crippen LogP contribution in [0, 0.1) is 6.92 Å². The number of fused-ring (bicyclic) bond motifs is 3. The minimum atomic E-state index is -0.965. The van der Waals surface area contributed by atoms with Gasteiger partial charge >= 0.3 is 5.97 Å². The number of aromatic nitrogens is 3. The Morgan fingerprint density at radius 2 is 2.29 bits per heavy atom. The molecule has 0 radical (unpaired) electrons. The predicted octanol–water partition coefficient (Wildman–Crippen LogP) is 2.58. The zero-order chi connectivity index (χ0) is 12.2. The number of aryl methyl sites for hydroxylation is 1. The van der Waals surface area contributed by atoms with Crippen molar-refractivity contribution in [2.75, 3.05) is 0 Å². The van der Waals surface area contributed by atoms with E-state index in [4.69, 9.17) is 0 Å². The van der Waals surface area contributed by atoms with Crippen LogP contribution in [0.3, 0.4) is 0 Å². The van der Waals surface area contributed by atoms with E-state index in [1.54, 1.807) is 11.3 Å². The molecule has 5 nitrogen and oxygen atoms in total. The Morgan fingerprint density at radius 3 is 3.00 bits per heavy atom. The van der Waals surface area contributed by atoms with Crippen molar-refractivity contribution in [3.05, 3.63) is 34.1 Å². The molecule has 86 valence electrons. The van der Waals surface area contributed by atoms with Crippen LogP contribution < -0.4 is 0 Å². The number of halogens is 1. The number of nitrogens with zero attached hydrogens (tertiary/aromatic N) is 2. The first-order valence-corrected chi connectivity index (χ1v) is 5.77. The van der Waals surface area contributed by atoms with E-state index in [0.717, 1.165) is 15.5 Å². The second-order valence-electron chi connectivity index (χ2n) is 3.78. The molecule has 3 rings (SSSR count). The molecule has 2 heterocycles. The number of imidazole rings is 2. The van der Waals surface area contributed by atoms with Gasteiger partial charge in [0.05, 0.1) is 5.52 Å². The summed E-state index contributed by atoms with van der Waals surface area (Å²) >= 11 is 3.40. The van der Waals surface area contributed by atoms with Gasteiger partial charge in [-0.15, -0.1) is 0 Å². The van der Waals surface area contributed by atoms with E-state index in [9.17, 15) is 9.90 Å². The topological polar surface area (TPSA) is 70.4 Å². The number of aromatic amines is 1. The van der Waals surface area contributed by atoms with E-state index in [1.165, 1.54) is 0 Å². The smallest absolute Gasteiger partial charge is 0.354 e. The van der Waals surface area contributed by atoms with Crippen molar-refractivity contribution in [2.45, 2.75) is 6.92 Å². The van der Waals surface area contributed by atoms with Crippen LogP contribution in [0.2, 0.25) is 0 Å². The molecular formula is C11H8BrN3O2. The number of rotatable bonds is 1. The van der Waals surface area contributed by atoms with Crippen molar-refractivity contribution in [3.63, 3.8) is 0 Å². The van der Waals surface area contributed by atoms with Crippen molar-refractivity contribution in [3.8, 4) is 0 Å². The highest BCUT2D eigenvalue weighted by molar-refractivity contribution is 9.10. The Bertz CT molecular complexity index is 757. The molecule has 0 spiro atoms. The van der Waals surface area contributed by atoms with Crippen LogP contribution in [0.4, 0.5) is 0 Å². The minimum absolute atomic E-state index is 0.223. The lowest BCUT2D eigenvalue weighted by molar-refractivity contribution is 0.0689. The number of H-pyrrole nitrogens is 1. The fourth-order valence-corrected chi connectivity index (χ4v) is 2.47. The van der Waals surface area contributed by atoms with Gasteiger partial charge in [0.2, 0.25) is 5.78 Å². The molecule has 0 aliphatic heterocycles. The molecule has 1 aromatic carbocycles. The molecule has 17 heavy (non-hydrogen) atoms. The Kier molecular flexibility index (Phi) is 2.03. The van der Waals surface area contributed by atoms with Crippen molar-refractivity contribution < 1.29 is 9.90 Å². The third-order valence-corrected chi connectivity index (χ3v) is 3.36. The van der Waals surface area contributed by atoms with Crippen LogP contribution in [-0.2, 0) is 0 Å². The highest BCUT2D eigenvalue weighted by Gasteiger charge is 2.19. The molecule has 0 amide bonds. The van der Waals surface area contributed by atoms with Crippen LogP contribution in [0.1, 0.15) is 16.2 Å². The number of aromatic carboxylic acids is 1. The van der Waals surface area contributed by atoms with E-state index < -0.39 is 5.97 Å². The third-order valence-electron chi connectivity index (χ3n) is 2.72. The maximum absolute atomic E-state index is 11.2. The maximum atomic E-state index is 11.2. The highest BCUT2D eigenvalue weighted by atomic mass is 79.9. The fourth-order valence-electron chi connectivity index (χ4n) is 2.03. The Labute approximate surface area is 104 Å². The van der Waals surface area contributed by atoms with Crippen molar-refractivity contribution >= 4 is 38.7 Å². The first kappa shape index (κ1) is 10.3. The number of benzene rings is 1. The Balaban J connectivity index is 2.57. The van der Waals surface area contributed by atoms with Gasteiger partial charge in [0.25, 0.3) is 0 Å². The molecule has 0 fully saturated rings. The van der Waals surface area contributed by atoms with Crippen molar-refractivity contribution in [2.24, 2.45) is 0 Å². The normalized spacial score (nSPS) is 11.4. The van der Waals surface area contributed by atoms with Crippen LogP contribution in [-0.4, -0.2) is 25.4 Å². The van der Waals surface area contributed by atoms with Gasteiger partial charge in [-0.1, -0.05) is 6.07 Å². The summed E-state index contributed by atoms with van der Waals surface area (Å²) in [7, 11) is 0. The largest absolute Gasteiger partial charge is 0.477 e. The van der Waals surface area contributed by atoms with Gasteiger partial charge in [0, 0.05) is 10.2 Å². The van der Waals surface area contributed by atoms with E-state index in [1.807, 2.05) is 18.2 Å². The number of para-hydroxylation sites is 1. The molecule has 3 aromatic rings. The molecule has 0 unspecified atom stereocenters. The summed E-state index contributed by atoms with van der Waals surface area (Å²) in [4.78, 5) is 18.6. The van der Waals surface area contributed by atoms with Crippen LogP contribution in [0.25, 0.3) is 16.8 Å². The summed E-state index contributed by atoms with van der Waals surface area (Å²) in [5, 5.41) is 9.22. The zero-order valence-corrected chi connectivity index (χ0v) is 10.4. The molecule has 0 bridgehead atoms. The highest BCUT2D eigenvalue weighted by Crippen LogP contribution is 2.26. The van der Waals surface area contributed by atoms with E-state index in [2.05, 4.69) is 25.9 Å². The van der Waals surface area contributed by atoms with Gasteiger partial charge in [-0.3, -0.25) is 4.40 Å². The summed E-state index contributed by atoms with van der Waals surface area (Å²) in [5.41, 5.74) is 2.35. The van der Waals surface area contributed by atoms with Gasteiger partial charge < -0.3 is 10.1 Å². The molecule has 0 aliphatic carbocycles. The number of hydrogen-bond donors (Lipinski definition) is 2. The molecular weight excluding hydrogens is 286 g/mol. The number of carboxylic acids is 1. The van der Waals surface area contributed by atoms with Gasteiger partial charge in [-0.2, -0.15) is 0 Å². The average Bonchev–Trinajstić information content (AvgIpc) is 2.73. The third kappa shape index (κ3) is 1.30. The Morgan fingerprint density at radius 1 is 1.53 bits per heavy atom. The van der Waals surface area contributed by atoms with Gasteiger partial charge in [-0.05, 0) is 35.0 Å². The summed E-state index contributed by atoms with van der Waals surface area (Å²) in [5.74, 6) is -0.421. The van der Waals surface area contributed by atoms with Crippen molar-refractivity contribution in [1.82, 2.24) is 14.4 Å². The number of nitrogens with one attached hydrogen (secondary N) is 1. The molecule has 2 aromatic heterocycles. The van der Waals surface area contributed by atoms with E-state index in [0.29, 0.717) is 11.5 Å². The lowest BCUT2D eigenvalue weighted by Gasteiger charge is -1.97. The van der Waals surface area contributed by atoms with Gasteiger partial charge in [0.1, 0.15) is 5.52 Å². The first-order chi connectivity index (χ1) is 8.09. The summed E-state index contributed by atoms with van der Waals surface area (Å²) in [6.07, 6.45) is 0. The molecule has 0 atom stereocenters. The summed E-state index contributed by atoms with van der Waals surface area (Å²) < 4.78 is 2.47. The first-order valence-electron chi connectivity index (χ1n) is 4.98. The second kappa shape index (κ2) is 3.33. The minimum Gasteiger partial charge on any atom is -0.477 e. The average molecular weight is 294 g/mol. The zero-order valence-electron chi connectivity index (χ0n) is 8.86. The quantitative estimate of drug-likeness (QED) is 0.724. The van der Waals surface area contributed by atoms with Crippen molar-refractivity contribution in [1.29, 1.82) is 0 Å². The predicted molar refractivity (Wildman–Crippen MR) is 66.4 cm³/mol. The molecule has 0 saturated heterocycles. The lowest BCUT2D eigenvalue weighted by Crippen LogP contribution is -2.02. The number of hydrogen-bond acceptors (Lipinski definition) is 2. The number of carboxylic acid groups (broad SMARTS) is 1. The molecule has 6 heteroatoms. The monoisotopic (exact) mass is 293 g/mol. The Hall–Kier alpha value is -1.82. The fraction of sp³-hybridized carbons (Fsp3) is 0.0909. The van der Waals surface area contributed by atoms with Crippen LogP contribution in [0.15, 0.2) is 22.7 Å². The van der Waals surface area contributed by atoms with Gasteiger partial charge in [-0.25, -0.2) is 9.78 Å². The summed E-state index contributed by atoms with van der Waals surface area (Å²) in [6, 6.07) is 5.58. The lowest BCUT2D eigenvalue weighted by atomic mass is 10.3. The summed E-state index contributed by atoms with van der Waals surface area (Å²) in [6.45, 7) is 1.72. The molecule has 0 aliphatic rings. The SMILES string of the molecule is Cc1[nH]c2nc3c(Br)cccc3n2c1C(=O)O. The maximum Gasteiger partial charge on any atom is 0.354 e. The van der Waals surface area contributed by atoms with Gasteiger partial charge in [0.15, 0.2) is 5.69 Å².